The van der Waals surface area contributed by atoms with E-state index in [9.17, 15) is 29.4 Å². The molecule has 0 aliphatic rings. The van der Waals surface area contributed by atoms with Crippen LogP contribution in [0.2, 0.25) is 0 Å². The van der Waals surface area contributed by atoms with Gasteiger partial charge < -0.3 is 30.0 Å². The van der Waals surface area contributed by atoms with Gasteiger partial charge in [0.2, 0.25) is 0 Å². The van der Waals surface area contributed by atoms with E-state index in [-0.39, 0.29) is 33.3 Å². The summed E-state index contributed by atoms with van der Waals surface area (Å²) in [5.74, 6) is -3.92. The van der Waals surface area contributed by atoms with E-state index in [0.29, 0.717) is 37.9 Å². The van der Waals surface area contributed by atoms with Crippen LogP contribution in [0, 0.1) is 23.7 Å². The SMILES string of the molecule is CCC(C(C)=O)C(=O)[O-].CCC(C(C)=O)C(=O)[O-].CCCCC(CC)CO.CCCCC(CC)CO.[Ti+2]. The van der Waals surface area contributed by atoms with E-state index in [1.54, 1.807) is 13.8 Å². The third kappa shape index (κ3) is 31.0. The van der Waals surface area contributed by atoms with Gasteiger partial charge in [0.25, 0.3) is 0 Å². The molecule has 0 heterocycles. The molecule has 0 aromatic carbocycles. The molecule has 0 saturated carbocycles. The summed E-state index contributed by atoms with van der Waals surface area (Å²) in [6.45, 7) is 15.2. The van der Waals surface area contributed by atoms with Gasteiger partial charge in [0.15, 0.2) is 0 Å². The van der Waals surface area contributed by atoms with Crippen LogP contribution in [0.4, 0.5) is 0 Å². The minimum absolute atomic E-state index is 0. The van der Waals surface area contributed by atoms with Crippen LogP contribution >= 0.6 is 0 Å². The van der Waals surface area contributed by atoms with Gasteiger partial charge in [-0.1, -0.05) is 80.1 Å². The van der Waals surface area contributed by atoms with Crippen molar-refractivity contribution in [2.45, 2.75) is 120 Å². The second kappa shape index (κ2) is 32.9. The molecule has 4 atom stereocenters. The van der Waals surface area contributed by atoms with Crippen molar-refractivity contribution in [3.63, 3.8) is 0 Å². The van der Waals surface area contributed by atoms with Crippen LogP contribution in [0.3, 0.4) is 0 Å². The topological polar surface area (TPSA) is 155 Å². The number of hydrogen-bond acceptors (Lipinski definition) is 8. The molecule has 218 valence electrons. The Morgan fingerprint density at radius 1 is 0.595 bits per heavy atom. The molecule has 0 saturated heterocycles. The molecule has 0 aliphatic carbocycles. The number of unbranched alkanes of at least 4 members (excludes halogenated alkanes) is 2. The van der Waals surface area contributed by atoms with E-state index in [1.165, 1.54) is 52.4 Å². The summed E-state index contributed by atoms with van der Waals surface area (Å²) < 4.78 is 0. The molecular formula is C28H54O8Ti. The normalized spacial score (nSPS) is 12.8. The number of aliphatic carboxylic acids is 2. The average molecular weight is 567 g/mol. The maximum absolute atomic E-state index is 10.4. The fourth-order valence-electron chi connectivity index (χ4n) is 3.07. The Labute approximate surface area is 240 Å². The summed E-state index contributed by atoms with van der Waals surface area (Å²) in [6, 6.07) is 0. The first kappa shape index (κ1) is 45.8. The van der Waals surface area contributed by atoms with Crippen LogP contribution in [0.1, 0.15) is 120 Å². The van der Waals surface area contributed by atoms with Crippen molar-refractivity contribution in [2.24, 2.45) is 23.7 Å². The molecule has 37 heavy (non-hydrogen) atoms. The summed E-state index contributed by atoms with van der Waals surface area (Å²) in [5, 5.41) is 37.6. The smallest absolute Gasteiger partial charge is 0.549 e. The number of carboxylic acid groups (broad SMARTS) is 2. The number of aliphatic hydroxyl groups is 2. The number of rotatable bonds is 16. The van der Waals surface area contributed by atoms with Crippen molar-refractivity contribution in [1.82, 2.24) is 0 Å². The van der Waals surface area contributed by atoms with Gasteiger partial charge in [-0.15, -0.1) is 0 Å². The number of carbonyl (C=O) groups excluding carboxylic acids is 4. The van der Waals surface area contributed by atoms with Crippen molar-refractivity contribution in [3.8, 4) is 0 Å². The molecule has 0 rings (SSSR count). The quantitative estimate of drug-likeness (QED) is 0.213. The Balaban J connectivity index is -0.000000122. The van der Waals surface area contributed by atoms with Crippen molar-refractivity contribution >= 4 is 23.5 Å². The van der Waals surface area contributed by atoms with Crippen molar-refractivity contribution in [3.05, 3.63) is 0 Å². The van der Waals surface area contributed by atoms with Gasteiger partial charge in [-0.25, -0.2) is 0 Å². The fourth-order valence-corrected chi connectivity index (χ4v) is 3.07. The zero-order chi connectivity index (χ0) is 29.1. The number of hydrogen-bond donors (Lipinski definition) is 2. The third-order valence-corrected chi connectivity index (χ3v) is 5.97. The van der Waals surface area contributed by atoms with E-state index in [1.807, 2.05) is 0 Å². The van der Waals surface area contributed by atoms with E-state index < -0.39 is 23.8 Å². The van der Waals surface area contributed by atoms with Gasteiger partial charge in [-0.3, -0.25) is 9.59 Å². The second-order valence-electron chi connectivity index (χ2n) is 8.98. The number of carboxylic acids is 2. The summed E-state index contributed by atoms with van der Waals surface area (Å²) in [7, 11) is 0. The molecule has 4 unspecified atom stereocenters. The molecule has 9 heteroatoms. The second-order valence-corrected chi connectivity index (χ2v) is 8.98. The number of aliphatic hydroxyl groups excluding tert-OH is 2. The molecule has 0 spiro atoms. The fraction of sp³-hybridized carbons (Fsp3) is 0.857. The molecule has 8 nitrogen and oxygen atoms in total. The van der Waals surface area contributed by atoms with E-state index >= 15 is 0 Å². The van der Waals surface area contributed by atoms with Gasteiger partial charge >= 0.3 is 21.7 Å². The summed E-state index contributed by atoms with van der Waals surface area (Å²) in [5.41, 5.74) is 0. The standard InChI is InChI=1S/2C8H18O.2C6H10O3.Ti/c2*1-3-5-6-8(4-2)7-9;2*1-3-5(4(2)7)6(8)9;/h2*8-9H,3-7H2,1-2H3;2*5H,3H2,1-2H3,(H,8,9);/q;;;;+2/p-2. The molecule has 0 aliphatic heterocycles. The largest absolute Gasteiger partial charge is 2.00 e. The molecule has 2 N–H and O–H groups in total. The van der Waals surface area contributed by atoms with E-state index in [0.717, 1.165) is 12.8 Å². The summed E-state index contributed by atoms with van der Waals surface area (Å²) in [6.07, 6.45) is 10.3. The minimum Gasteiger partial charge on any atom is -0.549 e. The predicted octanol–water partition coefficient (Wildman–Crippen LogP) is 3.09. The van der Waals surface area contributed by atoms with Crippen LogP contribution < -0.4 is 10.2 Å². The number of ketones is 2. The third-order valence-electron chi connectivity index (χ3n) is 5.97. The molecule has 0 bridgehead atoms. The minimum atomic E-state index is -1.27. The first-order valence-electron chi connectivity index (χ1n) is 13.5. The average Bonchev–Trinajstić information content (AvgIpc) is 2.81. The zero-order valence-electron chi connectivity index (χ0n) is 24.6. The molecule has 0 aromatic heterocycles. The van der Waals surface area contributed by atoms with Gasteiger partial charge in [-0.05, 0) is 51.4 Å². The van der Waals surface area contributed by atoms with Gasteiger partial charge in [0.1, 0.15) is 11.6 Å². The zero-order valence-corrected chi connectivity index (χ0v) is 26.2. The van der Waals surface area contributed by atoms with Gasteiger partial charge in [0, 0.05) is 13.2 Å². The Kier molecular flexibility index (Phi) is 40.8. The Morgan fingerprint density at radius 3 is 0.946 bits per heavy atom. The number of Topliss-reactive ketones (excluding diaryl/α,β-unsaturated/α-hetero) is 2. The van der Waals surface area contributed by atoms with Crippen LogP contribution in [0.15, 0.2) is 0 Å². The first-order chi connectivity index (χ1) is 16.9. The molecule has 0 radical (unpaired) electrons. The summed E-state index contributed by atoms with van der Waals surface area (Å²) >= 11 is 0. The van der Waals surface area contributed by atoms with Crippen LogP contribution in [0.5, 0.6) is 0 Å². The Hall–Kier alpha value is -1.09. The molecule has 0 aromatic rings. The van der Waals surface area contributed by atoms with E-state index in [2.05, 4.69) is 27.7 Å². The van der Waals surface area contributed by atoms with Crippen LogP contribution in [-0.2, 0) is 40.9 Å². The maximum atomic E-state index is 10.4. The summed E-state index contributed by atoms with van der Waals surface area (Å²) in [4.78, 5) is 40.9. The van der Waals surface area contributed by atoms with Crippen LogP contribution in [-0.4, -0.2) is 46.9 Å². The van der Waals surface area contributed by atoms with Gasteiger partial charge in [0.05, 0.1) is 23.8 Å². The number of carbonyl (C=O) groups is 4. The first-order valence-corrected chi connectivity index (χ1v) is 13.5. The van der Waals surface area contributed by atoms with E-state index in [4.69, 9.17) is 10.2 Å². The Bertz CT molecular complexity index is 470. The van der Waals surface area contributed by atoms with Gasteiger partial charge in [-0.2, -0.15) is 0 Å². The molecule has 0 amide bonds. The molecule has 0 fully saturated rings. The molecular weight excluding hydrogens is 512 g/mol. The Morgan fingerprint density at radius 2 is 0.865 bits per heavy atom. The predicted molar refractivity (Wildman–Crippen MR) is 140 cm³/mol. The monoisotopic (exact) mass is 566 g/mol. The van der Waals surface area contributed by atoms with Crippen LogP contribution in [0.25, 0.3) is 0 Å². The van der Waals surface area contributed by atoms with Crippen molar-refractivity contribution < 1.29 is 61.3 Å². The van der Waals surface area contributed by atoms with Crippen molar-refractivity contribution in [2.75, 3.05) is 13.2 Å². The maximum Gasteiger partial charge on any atom is 2.00 e. The van der Waals surface area contributed by atoms with Crippen molar-refractivity contribution in [1.29, 1.82) is 0 Å².